The zero-order valence-electron chi connectivity index (χ0n) is 12.8. The van der Waals surface area contributed by atoms with Crippen LogP contribution in [0.2, 0.25) is 0 Å². The molecule has 23 heavy (non-hydrogen) atoms. The quantitative estimate of drug-likeness (QED) is 0.844. The number of carbonyl (C=O) groups is 2. The second kappa shape index (κ2) is 5.22. The van der Waals surface area contributed by atoms with Crippen LogP contribution in [0, 0.1) is 6.92 Å². The molecule has 0 saturated carbocycles. The second-order valence-electron chi connectivity index (χ2n) is 5.94. The number of rotatable bonds is 3. The van der Waals surface area contributed by atoms with Gasteiger partial charge in [0.2, 0.25) is 5.91 Å². The Balaban J connectivity index is 1.39. The van der Waals surface area contributed by atoms with Gasteiger partial charge in [0, 0.05) is 39.2 Å². The van der Waals surface area contributed by atoms with E-state index in [1.165, 1.54) is 6.26 Å². The number of likely N-dealkylation sites (tertiary alicyclic amines) is 1. The molecule has 2 aliphatic rings. The van der Waals surface area contributed by atoms with Crippen molar-refractivity contribution in [1.82, 2.24) is 19.7 Å². The number of nitrogens with zero attached hydrogens (tertiary/aromatic N) is 5. The fourth-order valence-electron chi connectivity index (χ4n) is 3.00. The standard InChI is InChI=1S/C15H17N5O3/c1-10-17-13(9-23-10)15(22)18-6-12(7-18)20-8-11(5-16-20)19-4-2-3-14(19)21/h5,8-9,12H,2-4,6-7H2,1H3. The maximum Gasteiger partial charge on any atom is 0.275 e. The first-order valence-corrected chi connectivity index (χ1v) is 7.68. The molecule has 0 N–H and O–H groups in total. The van der Waals surface area contributed by atoms with E-state index in [0.29, 0.717) is 31.1 Å². The fraction of sp³-hybridized carbons (Fsp3) is 0.467. The smallest absolute Gasteiger partial charge is 0.275 e. The van der Waals surface area contributed by atoms with Crippen LogP contribution in [0.4, 0.5) is 5.69 Å². The molecule has 2 fully saturated rings. The van der Waals surface area contributed by atoms with Gasteiger partial charge in [0.15, 0.2) is 11.6 Å². The minimum absolute atomic E-state index is 0.125. The molecule has 0 atom stereocenters. The molecular formula is C15H17N5O3. The van der Waals surface area contributed by atoms with E-state index in [1.807, 2.05) is 10.9 Å². The number of aromatic nitrogens is 3. The largest absolute Gasteiger partial charge is 0.448 e. The lowest BCUT2D eigenvalue weighted by Gasteiger charge is -2.38. The average Bonchev–Trinajstić information content (AvgIpc) is 3.18. The van der Waals surface area contributed by atoms with Gasteiger partial charge in [-0.25, -0.2) is 4.98 Å². The first-order chi connectivity index (χ1) is 11.1. The summed E-state index contributed by atoms with van der Waals surface area (Å²) in [7, 11) is 0. The molecule has 0 bridgehead atoms. The molecule has 120 valence electrons. The van der Waals surface area contributed by atoms with Gasteiger partial charge >= 0.3 is 0 Å². The van der Waals surface area contributed by atoms with Crippen molar-refractivity contribution in [3.63, 3.8) is 0 Å². The molecule has 0 radical (unpaired) electrons. The van der Waals surface area contributed by atoms with Gasteiger partial charge in [-0.3, -0.25) is 14.3 Å². The van der Waals surface area contributed by atoms with Gasteiger partial charge in [-0.1, -0.05) is 0 Å². The molecule has 0 aromatic carbocycles. The van der Waals surface area contributed by atoms with Crippen LogP contribution < -0.4 is 4.90 Å². The zero-order valence-corrected chi connectivity index (χ0v) is 12.8. The third-order valence-electron chi connectivity index (χ3n) is 4.33. The number of anilines is 1. The molecule has 0 aliphatic carbocycles. The highest BCUT2D eigenvalue weighted by molar-refractivity contribution is 5.95. The highest BCUT2D eigenvalue weighted by Gasteiger charge is 2.34. The Kier molecular flexibility index (Phi) is 3.17. The van der Waals surface area contributed by atoms with Crippen LogP contribution >= 0.6 is 0 Å². The van der Waals surface area contributed by atoms with E-state index in [2.05, 4.69) is 10.1 Å². The molecule has 2 saturated heterocycles. The number of aryl methyl sites for hydroxylation is 1. The molecule has 8 heteroatoms. The first-order valence-electron chi connectivity index (χ1n) is 7.68. The topological polar surface area (TPSA) is 84.5 Å². The van der Waals surface area contributed by atoms with E-state index in [1.54, 1.807) is 22.9 Å². The van der Waals surface area contributed by atoms with Gasteiger partial charge in [0.25, 0.3) is 5.91 Å². The van der Waals surface area contributed by atoms with Crippen molar-refractivity contribution in [2.45, 2.75) is 25.8 Å². The van der Waals surface area contributed by atoms with Gasteiger partial charge in [0.1, 0.15) is 6.26 Å². The Labute approximate surface area is 132 Å². The summed E-state index contributed by atoms with van der Waals surface area (Å²) in [5, 5.41) is 4.34. The van der Waals surface area contributed by atoms with Crippen LogP contribution in [0.1, 0.15) is 35.3 Å². The van der Waals surface area contributed by atoms with Gasteiger partial charge in [-0.2, -0.15) is 5.10 Å². The number of amides is 2. The summed E-state index contributed by atoms with van der Waals surface area (Å²) in [5.41, 5.74) is 1.18. The van der Waals surface area contributed by atoms with E-state index in [-0.39, 0.29) is 17.9 Å². The third kappa shape index (κ3) is 2.39. The van der Waals surface area contributed by atoms with Crippen LogP contribution in [-0.2, 0) is 4.79 Å². The van der Waals surface area contributed by atoms with Crippen molar-refractivity contribution in [3.05, 3.63) is 30.2 Å². The minimum Gasteiger partial charge on any atom is -0.448 e. The molecule has 4 heterocycles. The lowest BCUT2D eigenvalue weighted by molar-refractivity contribution is -0.117. The SMILES string of the molecule is Cc1nc(C(=O)N2CC(n3cc(N4CCCC4=O)cn3)C2)co1. The van der Waals surface area contributed by atoms with Gasteiger partial charge < -0.3 is 14.2 Å². The number of carbonyl (C=O) groups excluding carboxylic acids is 2. The summed E-state index contributed by atoms with van der Waals surface area (Å²) in [4.78, 5) is 31.5. The van der Waals surface area contributed by atoms with Crippen molar-refractivity contribution < 1.29 is 14.0 Å². The average molecular weight is 315 g/mol. The normalized spacial score (nSPS) is 18.6. The van der Waals surface area contributed by atoms with E-state index in [0.717, 1.165) is 18.7 Å². The van der Waals surface area contributed by atoms with Crippen LogP contribution in [0.15, 0.2) is 23.1 Å². The molecule has 4 rings (SSSR count). The predicted octanol–water partition coefficient (Wildman–Crippen LogP) is 1.00. The molecule has 2 amide bonds. The maximum atomic E-state index is 12.2. The molecule has 8 nitrogen and oxygen atoms in total. The Morgan fingerprint density at radius 3 is 2.87 bits per heavy atom. The first kappa shape index (κ1) is 14.0. The monoisotopic (exact) mass is 315 g/mol. The summed E-state index contributed by atoms with van der Waals surface area (Å²) in [6.07, 6.45) is 6.49. The van der Waals surface area contributed by atoms with E-state index >= 15 is 0 Å². The molecule has 2 aromatic rings. The lowest BCUT2D eigenvalue weighted by Crippen LogP contribution is -2.51. The molecular weight excluding hydrogens is 298 g/mol. The van der Waals surface area contributed by atoms with Crippen LogP contribution in [0.3, 0.4) is 0 Å². The van der Waals surface area contributed by atoms with Gasteiger partial charge in [0.05, 0.1) is 17.9 Å². The van der Waals surface area contributed by atoms with Gasteiger partial charge in [-0.05, 0) is 6.42 Å². The molecule has 2 aliphatic heterocycles. The summed E-state index contributed by atoms with van der Waals surface area (Å²) < 4.78 is 6.90. The minimum atomic E-state index is -0.125. The number of hydrogen-bond acceptors (Lipinski definition) is 5. The van der Waals surface area contributed by atoms with E-state index < -0.39 is 0 Å². The third-order valence-corrected chi connectivity index (χ3v) is 4.33. The summed E-state index contributed by atoms with van der Waals surface area (Å²) >= 11 is 0. The highest BCUT2D eigenvalue weighted by atomic mass is 16.3. The molecule has 0 unspecified atom stereocenters. The lowest BCUT2D eigenvalue weighted by atomic mass is 10.1. The fourth-order valence-corrected chi connectivity index (χ4v) is 3.00. The highest BCUT2D eigenvalue weighted by Crippen LogP contribution is 2.26. The Morgan fingerprint density at radius 1 is 1.39 bits per heavy atom. The van der Waals surface area contributed by atoms with Crippen molar-refractivity contribution in [1.29, 1.82) is 0 Å². The van der Waals surface area contributed by atoms with E-state index in [9.17, 15) is 9.59 Å². The number of oxazole rings is 1. The van der Waals surface area contributed by atoms with Crippen molar-refractivity contribution in [2.24, 2.45) is 0 Å². The summed E-state index contributed by atoms with van der Waals surface area (Å²) in [6.45, 7) is 3.63. The van der Waals surface area contributed by atoms with Crippen LogP contribution in [0.25, 0.3) is 0 Å². The Hall–Kier alpha value is -2.64. The second-order valence-corrected chi connectivity index (χ2v) is 5.94. The maximum absolute atomic E-state index is 12.2. The van der Waals surface area contributed by atoms with Crippen LogP contribution in [0.5, 0.6) is 0 Å². The molecule has 2 aromatic heterocycles. The zero-order chi connectivity index (χ0) is 16.0. The Morgan fingerprint density at radius 2 is 2.22 bits per heavy atom. The van der Waals surface area contributed by atoms with Gasteiger partial charge in [-0.15, -0.1) is 0 Å². The Bertz CT molecular complexity index is 759. The van der Waals surface area contributed by atoms with Crippen molar-refractivity contribution in [3.8, 4) is 0 Å². The summed E-state index contributed by atoms with van der Waals surface area (Å²) in [5.74, 6) is 0.508. The predicted molar refractivity (Wildman–Crippen MR) is 80.0 cm³/mol. The summed E-state index contributed by atoms with van der Waals surface area (Å²) in [6, 6.07) is 0.137. The number of hydrogen-bond donors (Lipinski definition) is 0. The molecule has 0 spiro atoms. The van der Waals surface area contributed by atoms with Crippen molar-refractivity contribution >= 4 is 17.5 Å². The van der Waals surface area contributed by atoms with Crippen molar-refractivity contribution in [2.75, 3.05) is 24.5 Å². The van der Waals surface area contributed by atoms with Crippen LogP contribution in [-0.4, -0.2) is 51.1 Å². The van der Waals surface area contributed by atoms with E-state index in [4.69, 9.17) is 4.42 Å².